The maximum absolute atomic E-state index is 2.51. The Kier molecular flexibility index (Phi) is 0.193. The van der Waals surface area contributed by atoms with Gasteiger partial charge in [-0.3, -0.25) is 0 Å². The number of rotatable bonds is 0. The van der Waals surface area contributed by atoms with Crippen molar-refractivity contribution in [2.75, 3.05) is 0 Å². The van der Waals surface area contributed by atoms with Crippen molar-refractivity contribution in [2.45, 2.75) is 19.8 Å². The lowest BCUT2D eigenvalue weighted by atomic mass is 9.91. The van der Waals surface area contributed by atoms with Gasteiger partial charge in [0, 0.05) is 0 Å². The molecule has 4 aliphatic carbocycles. The van der Waals surface area contributed by atoms with Crippen molar-refractivity contribution in [1.29, 1.82) is 0 Å². The SMILES string of the molecule is CC12C3CCC4C1C432. The van der Waals surface area contributed by atoms with Gasteiger partial charge in [0.25, 0.3) is 0 Å². The van der Waals surface area contributed by atoms with Crippen molar-refractivity contribution in [2.24, 2.45) is 28.6 Å². The van der Waals surface area contributed by atoms with Crippen molar-refractivity contribution in [3.63, 3.8) is 0 Å². The van der Waals surface area contributed by atoms with Gasteiger partial charge < -0.3 is 0 Å². The van der Waals surface area contributed by atoms with Gasteiger partial charge in [0.1, 0.15) is 0 Å². The molecule has 8 heavy (non-hydrogen) atoms. The summed E-state index contributed by atoms with van der Waals surface area (Å²) < 4.78 is 0. The molecule has 0 saturated heterocycles. The largest absolute Gasteiger partial charge is 0.0585 e. The molecule has 0 amide bonds. The predicted octanol–water partition coefficient (Wildman–Crippen LogP) is 1.66. The molecule has 4 rings (SSSR count). The predicted molar refractivity (Wildman–Crippen MR) is 30.2 cm³/mol. The van der Waals surface area contributed by atoms with E-state index in [0.717, 1.165) is 10.8 Å². The van der Waals surface area contributed by atoms with Crippen LogP contribution in [0.25, 0.3) is 0 Å². The Morgan fingerprint density at radius 3 is 2.50 bits per heavy atom. The van der Waals surface area contributed by atoms with E-state index >= 15 is 0 Å². The van der Waals surface area contributed by atoms with Crippen molar-refractivity contribution in [3.8, 4) is 0 Å². The fourth-order valence-electron chi connectivity index (χ4n) is 4.62. The second-order valence-electron chi connectivity index (χ2n) is 4.43. The van der Waals surface area contributed by atoms with Crippen LogP contribution in [0.3, 0.4) is 0 Å². The Balaban J connectivity index is 2.05. The van der Waals surface area contributed by atoms with Crippen LogP contribution in [-0.4, -0.2) is 0 Å². The molecule has 0 aromatic carbocycles. The maximum atomic E-state index is 2.51. The smallest absolute Gasteiger partial charge is 0.0136 e. The summed E-state index contributed by atoms with van der Waals surface area (Å²) in [7, 11) is 0. The van der Waals surface area contributed by atoms with Gasteiger partial charge in [-0.25, -0.2) is 0 Å². The average Bonchev–Trinajstić information content (AvgIpc) is 2.61. The zero-order chi connectivity index (χ0) is 5.15. The summed E-state index contributed by atoms with van der Waals surface area (Å²) in [6, 6.07) is 0. The summed E-state index contributed by atoms with van der Waals surface area (Å²) in [6.45, 7) is 2.51. The van der Waals surface area contributed by atoms with E-state index in [-0.39, 0.29) is 0 Å². The first kappa shape index (κ1) is 3.24. The van der Waals surface area contributed by atoms with Crippen molar-refractivity contribution in [1.82, 2.24) is 0 Å². The molecule has 1 spiro atoms. The maximum Gasteiger partial charge on any atom is -0.0136 e. The molecule has 0 aromatic rings. The van der Waals surface area contributed by atoms with E-state index in [0.29, 0.717) is 0 Å². The molecule has 0 aromatic heterocycles. The van der Waals surface area contributed by atoms with Crippen molar-refractivity contribution >= 4 is 0 Å². The first-order chi connectivity index (χ1) is 3.84. The highest BCUT2D eigenvalue weighted by atomic mass is 15.1. The Bertz CT molecular complexity index is 202. The number of fused-ring (bicyclic) bond motifs is 3. The highest BCUT2D eigenvalue weighted by molar-refractivity contribution is 5.57. The molecule has 0 N–H and O–H groups in total. The Morgan fingerprint density at radius 1 is 1.38 bits per heavy atom. The highest BCUT2D eigenvalue weighted by Gasteiger charge is 3.11. The minimum Gasteiger partial charge on any atom is -0.0585 e. The van der Waals surface area contributed by atoms with Crippen molar-refractivity contribution < 1.29 is 0 Å². The zero-order valence-corrected chi connectivity index (χ0v) is 5.15. The standard InChI is InChI=1S/C8H10/c1-7-5-3-2-4-6(7)8(4,5)7/h4-6H,2-3H2,1H3. The van der Waals surface area contributed by atoms with Gasteiger partial charge in [0.15, 0.2) is 0 Å². The number of hydrogen-bond acceptors (Lipinski definition) is 0. The van der Waals surface area contributed by atoms with Gasteiger partial charge in [-0.05, 0) is 41.4 Å². The summed E-state index contributed by atoms with van der Waals surface area (Å²) >= 11 is 0. The zero-order valence-electron chi connectivity index (χ0n) is 5.15. The van der Waals surface area contributed by atoms with E-state index in [1.807, 2.05) is 0 Å². The van der Waals surface area contributed by atoms with Crippen LogP contribution in [-0.2, 0) is 0 Å². The molecule has 0 aliphatic heterocycles. The summed E-state index contributed by atoms with van der Waals surface area (Å²) in [4.78, 5) is 0. The fourth-order valence-corrected chi connectivity index (χ4v) is 4.62. The normalized spacial score (nSPS) is 94.9. The van der Waals surface area contributed by atoms with E-state index in [9.17, 15) is 0 Å². The molecule has 4 saturated carbocycles. The Hall–Kier alpha value is 0. The molecule has 4 fully saturated rings. The second kappa shape index (κ2) is 0.476. The molecule has 5 unspecified atom stereocenters. The first-order valence-corrected chi connectivity index (χ1v) is 3.84. The van der Waals surface area contributed by atoms with E-state index in [1.54, 1.807) is 12.8 Å². The second-order valence-corrected chi connectivity index (χ2v) is 4.43. The van der Waals surface area contributed by atoms with Crippen LogP contribution in [0.1, 0.15) is 19.8 Å². The highest BCUT2D eigenvalue weighted by Crippen LogP contribution is 3.15. The molecule has 0 heterocycles. The van der Waals surface area contributed by atoms with Crippen molar-refractivity contribution in [3.05, 3.63) is 0 Å². The third-order valence-electron chi connectivity index (χ3n) is 4.90. The third-order valence-corrected chi connectivity index (χ3v) is 4.90. The van der Waals surface area contributed by atoms with Crippen LogP contribution in [0.15, 0.2) is 0 Å². The fraction of sp³-hybridized carbons (Fsp3) is 1.00. The van der Waals surface area contributed by atoms with E-state index < -0.39 is 0 Å². The monoisotopic (exact) mass is 106 g/mol. The van der Waals surface area contributed by atoms with E-state index in [2.05, 4.69) is 6.92 Å². The molecule has 0 radical (unpaired) electrons. The minimum absolute atomic E-state index is 0.968. The lowest BCUT2D eigenvalue weighted by molar-refractivity contribution is 0.351. The van der Waals surface area contributed by atoms with Crippen LogP contribution in [0.4, 0.5) is 0 Å². The molecular weight excluding hydrogens is 96.1 g/mol. The molecular formula is C8H10. The first-order valence-electron chi connectivity index (χ1n) is 3.84. The Morgan fingerprint density at radius 2 is 2.25 bits per heavy atom. The summed E-state index contributed by atoms with van der Waals surface area (Å²) in [5.74, 6) is 3.77. The van der Waals surface area contributed by atoms with Crippen LogP contribution in [0.2, 0.25) is 0 Å². The molecule has 0 bridgehead atoms. The topological polar surface area (TPSA) is 0 Å². The van der Waals surface area contributed by atoms with Crippen LogP contribution in [0.5, 0.6) is 0 Å². The Labute approximate surface area is 49.3 Å². The van der Waals surface area contributed by atoms with Gasteiger partial charge in [0.2, 0.25) is 0 Å². The van der Waals surface area contributed by atoms with Gasteiger partial charge >= 0.3 is 0 Å². The molecule has 0 nitrogen and oxygen atoms in total. The lowest BCUT2D eigenvalue weighted by Gasteiger charge is -2.13. The van der Waals surface area contributed by atoms with Crippen LogP contribution >= 0.6 is 0 Å². The molecule has 4 aliphatic rings. The quantitative estimate of drug-likeness (QED) is 0.440. The van der Waals surface area contributed by atoms with Gasteiger partial charge in [-0.1, -0.05) is 6.92 Å². The molecule has 42 valence electrons. The minimum atomic E-state index is 0.968. The molecule has 0 heteroatoms. The lowest BCUT2D eigenvalue weighted by Crippen LogP contribution is -2.06. The summed E-state index contributed by atoms with van der Waals surface area (Å²) in [5, 5.41) is 0. The third kappa shape index (κ3) is 0.0850. The summed E-state index contributed by atoms with van der Waals surface area (Å²) in [6.07, 6.45) is 3.20. The van der Waals surface area contributed by atoms with E-state index in [1.165, 1.54) is 17.8 Å². The average molecular weight is 106 g/mol. The van der Waals surface area contributed by atoms with Crippen LogP contribution in [0, 0.1) is 28.6 Å². The van der Waals surface area contributed by atoms with Gasteiger partial charge in [0.05, 0.1) is 0 Å². The number of hydrogen-bond donors (Lipinski definition) is 0. The van der Waals surface area contributed by atoms with E-state index in [4.69, 9.17) is 0 Å². The van der Waals surface area contributed by atoms with Gasteiger partial charge in [-0.2, -0.15) is 0 Å². The molecule has 5 atom stereocenters. The van der Waals surface area contributed by atoms with Gasteiger partial charge in [-0.15, -0.1) is 0 Å². The van der Waals surface area contributed by atoms with Crippen LogP contribution < -0.4 is 0 Å². The summed E-state index contributed by atoms with van der Waals surface area (Å²) in [5.41, 5.74) is 2.02.